The van der Waals surface area contributed by atoms with Gasteiger partial charge in [-0.05, 0) is 37.3 Å². The highest BCUT2D eigenvalue weighted by atomic mass is 16.4. The summed E-state index contributed by atoms with van der Waals surface area (Å²) in [5.41, 5.74) is 2.83. The van der Waals surface area contributed by atoms with E-state index in [1.54, 1.807) is 11.8 Å². The Balaban J connectivity index is 2.32. The molecule has 0 fully saturated rings. The summed E-state index contributed by atoms with van der Waals surface area (Å²) in [7, 11) is 0. The highest BCUT2D eigenvalue weighted by Gasteiger charge is 2.22. The summed E-state index contributed by atoms with van der Waals surface area (Å²) in [5.74, 6) is -0.0519. The number of carbonyl (C=O) groups is 2. The number of pyridine rings is 1. The molecule has 5 nitrogen and oxygen atoms in total. The van der Waals surface area contributed by atoms with E-state index in [4.69, 9.17) is 5.11 Å². The number of hydrogen-bond acceptors (Lipinski definition) is 3. The summed E-state index contributed by atoms with van der Waals surface area (Å²) >= 11 is 0. The summed E-state index contributed by atoms with van der Waals surface area (Å²) in [5, 5.41) is 8.75. The lowest BCUT2D eigenvalue weighted by Crippen LogP contribution is -2.34. The van der Waals surface area contributed by atoms with Gasteiger partial charge in [0.2, 0.25) is 5.91 Å². The molecule has 1 N–H and O–H groups in total. The third-order valence-electron chi connectivity index (χ3n) is 3.45. The van der Waals surface area contributed by atoms with E-state index in [2.05, 4.69) is 4.98 Å². The Morgan fingerprint density at radius 2 is 2.21 bits per heavy atom. The molecule has 0 saturated carbocycles. The van der Waals surface area contributed by atoms with Crippen molar-refractivity contribution in [2.75, 3.05) is 11.4 Å². The normalized spacial score (nSPS) is 14.1. The number of aliphatic carboxylic acids is 1. The Morgan fingerprint density at radius 3 is 2.84 bits per heavy atom. The third-order valence-corrected chi connectivity index (χ3v) is 3.45. The topological polar surface area (TPSA) is 70.5 Å². The van der Waals surface area contributed by atoms with Gasteiger partial charge in [-0.15, -0.1) is 0 Å². The predicted molar refractivity (Wildman–Crippen MR) is 71.3 cm³/mol. The first kappa shape index (κ1) is 13.5. The van der Waals surface area contributed by atoms with Crippen LogP contribution < -0.4 is 4.90 Å². The molecule has 1 aromatic rings. The number of rotatable bonds is 3. The van der Waals surface area contributed by atoms with Crippen molar-refractivity contribution >= 4 is 17.7 Å². The lowest BCUT2D eigenvalue weighted by atomic mass is 10.00. The summed E-state index contributed by atoms with van der Waals surface area (Å²) in [6.45, 7) is 4.12. The minimum absolute atomic E-state index is 0.00568. The number of amides is 1. The zero-order chi connectivity index (χ0) is 14.0. The van der Waals surface area contributed by atoms with Crippen LogP contribution in [0, 0.1) is 6.92 Å². The summed E-state index contributed by atoms with van der Waals surface area (Å²) < 4.78 is 0. The van der Waals surface area contributed by atoms with Crippen molar-refractivity contribution in [2.24, 2.45) is 0 Å². The number of carboxylic acid groups (broad SMARTS) is 1. The van der Waals surface area contributed by atoms with Gasteiger partial charge in [0, 0.05) is 25.6 Å². The first-order chi connectivity index (χ1) is 8.99. The van der Waals surface area contributed by atoms with Crippen molar-refractivity contribution in [1.29, 1.82) is 0 Å². The number of nitrogens with zero attached hydrogens (tertiary/aromatic N) is 2. The standard InChI is InChI=1S/C14H18N2O3/c1-9-11(5-6-13(18)19)8-12-4-3-7-16(10(2)17)14(12)15-9/h8H,3-7H2,1-2H3,(H,18,19). The van der Waals surface area contributed by atoms with Gasteiger partial charge in [-0.2, -0.15) is 0 Å². The summed E-state index contributed by atoms with van der Waals surface area (Å²) in [6.07, 6.45) is 2.42. The Labute approximate surface area is 112 Å². The number of hydrogen-bond donors (Lipinski definition) is 1. The quantitative estimate of drug-likeness (QED) is 0.900. The van der Waals surface area contributed by atoms with Crippen LogP contribution in [0.5, 0.6) is 0 Å². The fraction of sp³-hybridized carbons (Fsp3) is 0.500. The molecule has 0 aliphatic carbocycles. The van der Waals surface area contributed by atoms with Crippen molar-refractivity contribution in [3.05, 3.63) is 22.9 Å². The Kier molecular flexibility index (Phi) is 3.83. The van der Waals surface area contributed by atoms with E-state index >= 15 is 0 Å². The monoisotopic (exact) mass is 262 g/mol. The smallest absolute Gasteiger partial charge is 0.303 e. The van der Waals surface area contributed by atoms with Crippen molar-refractivity contribution in [2.45, 2.75) is 39.5 Å². The minimum Gasteiger partial charge on any atom is -0.481 e. The van der Waals surface area contributed by atoms with Gasteiger partial charge in [-0.1, -0.05) is 6.07 Å². The van der Waals surface area contributed by atoms with Crippen molar-refractivity contribution in [3.8, 4) is 0 Å². The average molecular weight is 262 g/mol. The Bertz CT molecular complexity index is 526. The number of fused-ring (bicyclic) bond motifs is 1. The molecule has 0 radical (unpaired) electrons. The van der Waals surface area contributed by atoms with E-state index < -0.39 is 5.97 Å². The van der Waals surface area contributed by atoms with Gasteiger partial charge in [0.25, 0.3) is 0 Å². The van der Waals surface area contributed by atoms with E-state index in [-0.39, 0.29) is 12.3 Å². The van der Waals surface area contributed by atoms with E-state index in [0.717, 1.165) is 35.5 Å². The number of aryl methyl sites for hydroxylation is 3. The zero-order valence-corrected chi connectivity index (χ0v) is 11.3. The summed E-state index contributed by atoms with van der Waals surface area (Å²) in [6, 6.07) is 2.01. The van der Waals surface area contributed by atoms with Gasteiger partial charge in [0.05, 0.1) is 0 Å². The second-order valence-corrected chi connectivity index (χ2v) is 4.88. The number of anilines is 1. The molecule has 102 valence electrons. The van der Waals surface area contributed by atoms with Crippen LogP contribution in [0.4, 0.5) is 5.82 Å². The lowest BCUT2D eigenvalue weighted by Gasteiger charge is -2.28. The number of aromatic nitrogens is 1. The average Bonchev–Trinajstić information content (AvgIpc) is 2.35. The fourth-order valence-electron chi connectivity index (χ4n) is 2.43. The molecule has 2 heterocycles. The highest BCUT2D eigenvalue weighted by molar-refractivity contribution is 5.91. The molecule has 0 saturated heterocycles. The molecule has 1 aromatic heterocycles. The largest absolute Gasteiger partial charge is 0.481 e. The molecule has 2 rings (SSSR count). The van der Waals surface area contributed by atoms with Crippen LogP contribution in [0.3, 0.4) is 0 Å². The maximum absolute atomic E-state index is 11.6. The summed E-state index contributed by atoms with van der Waals surface area (Å²) in [4.78, 5) is 28.4. The second-order valence-electron chi connectivity index (χ2n) is 4.88. The van der Waals surface area contributed by atoms with E-state index in [1.165, 1.54) is 0 Å². The van der Waals surface area contributed by atoms with Crippen LogP contribution in [0.15, 0.2) is 6.07 Å². The van der Waals surface area contributed by atoms with Gasteiger partial charge in [0.1, 0.15) is 5.82 Å². The Morgan fingerprint density at radius 1 is 1.47 bits per heavy atom. The second kappa shape index (κ2) is 5.38. The first-order valence-electron chi connectivity index (χ1n) is 6.48. The van der Waals surface area contributed by atoms with Crippen molar-refractivity contribution in [3.63, 3.8) is 0 Å². The molecular formula is C14H18N2O3. The van der Waals surface area contributed by atoms with Gasteiger partial charge in [-0.25, -0.2) is 4.98 Å². The van der Waals surface area contributed by atoms with Gasteiger partial charge >= 0.3 is 5.97 Å². The van der Waals surface area contributed by atoms with E-state index in [9.17, 15) is 9.59 Å². The van der Waals surface area contributed by atoms with Crippen LogP contribution in [0.25, 0.3) is 0 Å². The maximum atomic E-state index is 11.6. The SMILES string of the molecule is CC(=O)N1CCCc2cc(CCC(=O)O)c(C)nc21. The zero-order valence-electron chi connectivity index (χ0n) is 11.3. The number of carbonyl (C=O) groups excluding carboxylic acids is 1. The Hall–Kier alpha value is -1.91. The first-order valence-corrected chi connectivity index (χ1v) is 6.48. The van der Waals surface area contributed by atoms with E-state index in [1.807, 2.05) is 13.0 Å². The minimum atomic E-state index is -0.803. The van der Waals surface area contributed by atoms with Crippen LogP contribution in [0.1, 0.15) is 36.6 Å². The molecule has 1 aliphatic rings. The van der Waals surface area contributed by atoms with Crippen molar-refractivity contribution < 1.29 is 14.7 Å². The van der Waals surface area contributed by atoms with Crippen LogP contribution in [-0.2, 0) is 22.4 Å². The molecular weight excluding hydrogens is 244 g/mol. The third kappa shape index (κ3) is 2.92. The molecule has 0 bridgehead atoms. The molecule has 0 atom stereocenters. The van der Waals surface area contributed by atoms with Crippen LogP contribution >= 0.6 is 0 Å². The van der Waals surface area contributed by atoms with Crippen LogP contribution in [0.2, 0.25) is 0 Å². The van der Waals surface area contributed by atoms with Gasteiger partial charge in [-0.3, -0.25) is 14.5 Å². The molecule has 19 heavy (non-hydrogen) atoms. The molecule has 5 heteroatoms. The predicted octanol–water partition coefficient (Wildman–Crippen LogP) is 1.71. The fourth-order valence-corrected chi connectivity index (χ4v) is 2.43. The molecule has 1 amide bonds. The maximum Gasteiger partial charge on any atom is 0.303 e. The number of carboxylic acids is 1. The molecule has 0 aromatic carbocycles. The molecule has 0 unspecified atom stereocenters. The molecule has 1 aliphatic heterocycles. The highest BCUT2D eigenvalue weighted by Crippen LogP contribution is 2.27. The van der Waals surface area contributed by atoms with Gasteiger partial charge < -0.3 is 5.11 Å². The van der Waals surface area contributed by atoms with Gasteiger partial charge in [0.15, 0.2) is 0 Å². The van der Waals surface area contributed by atoms with Crippen molar-refractivity contribution in [1.82, 2.24) is 4.98 Å². The van der Waals surface area contributed by atoms with Crippen LogP contribution in [-0.4, -0.2) is 28.5 Å². The molecule has 0 spiro atoms. The van der Waals surface area contributed by atoms with E-state index in [0.29, 0.717) is 13.0 Å². The lowest BCUT2D eigenvalue weighted by molar-refractivity contribution is -0.137.